The lowest BCUT2D eigenvalue weighted by molar-refractivity contribution is 0.0955. The van der Waals surface area contributed by atoms with Gasteiger partial charge >= 0.3 is 0 Å². The van der Waals surface area contributed by atoms with Gasteiger partial charge in [0.25, 0.3) is 15.9 Å². The van der Waals surface area contributed by atoms with Crippen LogP contribution in [0.1, 0.15) is 33.0 Å². The summed E-state index contributed by atoms with van der Waals surface area (Å²) in [6.07, 6.45) is 1.37. The summed E-state index contributed by atoms with van der Waals surface area (Å²) in [5, 5.41) is 4.51. The Morgan fingerprint density at radius 1 is 1.05 bits per heavy atom. The van der Waals surface area contributed by atoms with E-state index < -0.39 is 15.9 Å². The predicted octanol–water partition coefficient (Wildman–Crippen LogP) is 6.47. The second-order valence-electron chi connectivity index (χ2n) is 8.22. The summed E-state index contributed by atoms with van der Waals surface area (Å²) in [6, 6.07) is 21.6. The minimum atomic E-state index is -4.04. The van der Waals surface area contributed by atoms with Crippen molar-refractivity contribution in [3.05, 3.63) is 117 Å². The number of furan rings is 1. The van der Waals surface area contributed by atoms with Crippen LogP contribution in [-0.4, -0.2) is 20.5 Å². The maximum absolute atomic E-state index is 13.8. The number of rotatable bonds is 8. The number of nitrogens with one attached hydrogen (secondary N) is 1. The summed E-state index contributed by atoms with van der Waals surface area (Å²) in [5.41, 5.74) is 4.44. The van der Waals surface area contributed by atoms with Crippen molar-refractivity contribution >= 4 is 55.4 Å². The van der Waals surface area contributed by atoms with Gasteiger partial charge in [0.1, 0.15) is 11.5 Å². The average Bonchev–Trinajstić information content (AvgIpc) is 3.20. The van der Waals surface area contributed by atoms with Crippen LogP contribution in [0.3, 0.4) is 0 Å². The van der Waals surface area contributed by atoms with Crippen molar-refractivity contribution in [2.75, 3.05) is 4.31 Å². The number of carbonyl (C=O) groups is 1. The quantitative estimate of drug-likeness (QED) is 0.185. The van der Waals surface area contributed by atoms with E-state index in [4.69, 9.17) is 16.0 Å². The van der Waals surface area contributed by atoms with Crippen molar-refractivity contribution in [3.8, 4) is 0 Å². The van der Waals surface area contributed by atoms with Gasteiger partial charge in [-0.15, -0.1) is 0 Å². The number of sulfonamides is 1. The molecule has 0 saturated heterocycles. The highest BCUT2D eigenvalue weighted by Gasteiger charge is 2.28. The Morgan fingerprint density at radius 3 is 2.38 bits per heavy atom. The summed E-state index contributed by atoms with van der Waals surface area (Å²) < 4.78 is 35.2. The van der Waals surface area contributed by atoms with E-state index in [0.29, 0.717) is 22.1 Å². The predicted molar refractivity (Wildman–Crippen MR) is 149 cm³/mol. The van der Waals surface area contributed by atoms with Gasteiger partial charge in [-0.25, -0.2) is 13.8 Å². The number of hydrogen-bond donors (Lipinski definition) is 1. The third-order valence-corrected chi connectivity index (χ3v) is 8.31. The summed E-state index contributed by atoms with van der Waals surface area (Å²) in [4.78, 5) is 13.2. The van der Waals surface area contributed by atoms with Gasteiger partial charge in [-0.2, -0.15) is 5.10 Å². The highest BCUT2D eigenvalue weighted by Crippen LogP contribution is 2.30. The lowest BCUT2D eigenvalue weighted by Crippen LogP contribution is -2.33. The molecule has 190 valence electrons. The molecule has 0 fully saturated rings. The average molecular weight is 601 g/mol. The molecule has 7 nitrogen and oxygen atoms in total. The maximum atomic E-state index is 13.8. The van der Waals surface area contributed by atoms with E-state index in [-0.39, 0.29) is 22.7 Å². The molecule has 4 rings (SSSR count). The van der Waals surface area contributed by atoms with Crippen LogP contribution in [0.5, 0.6) is 0 Å². The van der Waals surface area contributed by atoms with Crippen molar-refractivity contribution < 1.29 is 17.6 Å². The van der Waals surface area contributed by atoms with Crippen LogP contribution in [0.4, 0.5) is 5.69 Å². The molecule has 37 heavy (non-hydrogen) atoms. The van der Waals surface area contributed by atoms with E-state index in [1.807, 2.05) is 6.92 Å². The van der Waals surface area contributed by atoms with Gasteiger partial charge < -0.3 is 4.42 Å². The topological polar surface area (TPSA) is 92.0 Å². The second kappa shape index (κ2) is 11.3. The Hall–Kier alpha value is -3.40. The molecule has 1 heterocycles. The molecule has 0 aliphatic heterocycles. The second-order valence-corrected chi connectivity index (χ2v) is 11.4. The number of halogens is 2. The van der Waals surface area contributed by atoms with E-state index in [1.54, 1.807) is 85.8 Å². The molecule has 0 radical (unpaired) electrons. The highest BCUT2D eigenvalue weighted by atomic mass is 79.9. The van der Waals surface area contributed by atoms with Crippen molar-refractivity contribution in [3.63, 3.8) is 0 Å². The van der Waals surface area contributed by atoms with E-state index in [1.165, 1.54) is 10.5 Å². The standard InChI is InChI=1S/C27H23BrClN3O4S/c1-18-7-13-23(14-8-18)37(34,35)32(17-20-9-11-21(29)12-10-20)26-6-4-3-5-24(26)27(33)31-30-16-22-15-25(28)19(2)36-22/h3-16H,17H2,1-2H3,(H,31,33). The molecule has 0 saturated carbocycles. The fourth-order valence-corrected chi connectivity index (χ4v) is 5.44. The number of para-hydroxylation sites is 1. The zero-order chi connectivity index (χ0) is 26.6. The van der Waals surface area contributed by atoms with E-state index >= 15 is 0 Å². The van der Waals surface area contributed by atoms with Gasteiger partial charge in [-0.1, -0.05) is 53.6 Å². The van der Waals surface area contributed by atoms with Gasteiger partial charge in [0.15, 0.2) is 0 Å². The molecule has 4 aromatic rings. The van der Waals surface area contributed by atoms with Gasteiger partial charge in [0.05, 0.1) is 33.4 Å². The SMILES string of the molecule is Cc1ccc(S(=O)(=O)N(Cc2ccc(Cl)cc2)c2ccccc2C(=O)NN=Cc2cc(Br)c(C)o2)cc1. The smallest absolute Gasteiger partial charge is 0.273 e. The lowest BCUT2D eigenvalue weighted by atomic mass is 10.1. The third-order valence-electron chi connectivity index (χ3n) is 5.50. The molecule has 0 aliphatic carbocycles. The highest BCUT2D eigenvalue weighted by molar-refractivity contribution is 9.10. The van der Waals surface area contributed by atoms with Gasteiger partial charge in [0.2, 0.25) is 0 Å². The maximum Gasteiger partial charge on any atom is 0.273 e. The van der Waals surface area contributed by atoms with Crippen LogP contribution in [0.2, 0.25) is 5.02 Å². The molecule has 1 aromatic heterocycles. The first kappa shape index (κ1) is 26.7. The molecule has 0 aliphatic rings. The van der Waals surface area contributed by atoms with Crippen LogP contribution in [0, 0.1) is 13.8 Å². The van der Waals surface area contributed by atoms with Crippen LogP contribution in [-0.2, 0) is 16.6 Å². The molecule has 1 N–H and O–H groups in total. The summed E-state index contributed by atoms with van der Waals surface area (Å²) in [6.45, 7) is 3.66. The fraction of sp³-hybridized carbons (Fsp3) is 0.111. The van der Waals surface area contributed by atoms with Crippen LogP contribution in [0.25, 0.3) is 0 Å². The number of anilines is 1. The molecule has 10 heteroatoms. The Bertz CT molecular complexity index is 1530. The van der Waals surface area contributed by atoms with E-state index in [2.05, 4.69) is 26.5 Å². The van der Waals surface area contributed by atoms with Crippen molar-refractivity contribution in [1.29, 1.82) is 0 Å². The van der Waals surface area contributed by atoms with Gasteiger partial charge in [0, 0.05) is 11.1 Å². The Balaban J connectivity index is 1.71. The number of hydrazone groups is 1. The zero-order valence-electron chi connectivity index (χ0n) is 20.0. The lowest BCUT2D eigenvalue weighted by Gasteiger charge is -2.26. The molecule has 0 unspecified atom stereocenters. The van der Waals surface area contributed by atoms with Crippen molar-refractivity contribution in [1.82, 2.24) is 5.43 Å². The summed E-state index contributed by atoms with van der Waals surface area (Å²) >= 11 is 9.39. The van der Waals surface area contributed by atoms with Gasteiger partial charge in [-0.05, 0) is 71.7 Å². The molecule has 0 bridgehead atoms. The normalized spacial score (nSPS) is 11.6. The number of amides is 1. The summed E-state index contributed by atoms with van der Waals surface area (Å²) in [5.74, 6) is 0.552. The van der Waals surface area contributed by atoms with E-state index in [9.17, 15) is 13.2 Å². The first-order valence-corrected chi connectivity index (χ1v) is 13.8. The molecular weight excluding hydrogens is 578 g/mol. The minimum Gasteiger partial charge on any atom is -0.459 e. The zero-order valence-corrected chi connectivity index (χ0v) is 23.1. The largest absolute Gasteiger partial charge is 0.459 e. The van der Waals surface area contributed by atoms with Crippen molar-refractivity contribution in [2.45, 2.75) is 25.3 Å². The third kappa shape index (κ3) is 6.30. The number of hydrogen-bond acceptors (Lipinski definition) is 5. The number of nitrogens with zero attached hydrogens (tertiary/aromatic N) is 2. The van der Waals surface area contributed by atoms with Gasteiger partial charge in [-0.3, -0.25) is 9.10 Å². The number of aryl methyl sites for hydroxylation is 2. The Kier molecular flexibility index (Phi) is 8.16. The number of carbonyl (C=O) groups excluding carboxylic acids is 1. The molecule has 3 aromatic carbocycles. The molecule has 1 amide bonds. The van der Waals surface area contributed by atoms with Crippen LogP contribution >= 0.6 is 27.5 Å². The minimum absolute atomic E-state index is 0.0133. The number of benzene rings is 3. The van der Waals surface area contributed by atoms with E-state index in [0.717, 1.165) is 10.0 Å². The van der Waals surface area contributed by atoms with Crippen LogP contribution in [0.15, 0.2) is 97.7 Å². The first-order chi connectivity index (χ1) is 17.6. The summed E-state index contributed by atoms with van der Waals surface area (Å²) in [7, 11) is -4.04. The molecule has 0 spiro atoms. The molecule has 0 atom stereocenters. The Labute approximate surface area is 228 Å². The Morgan fingerprint density at radius 2 is 1.73 bits per heavy atom. The fourth-order valence-electron chi connectivity index (χ4n) is 3.54. The monoisotopic (exact) mass is 599 g/mol. The molecular formula is C27H23BrClN3O4S. The van der Waals surface area contributed by atoms with Crippen molar-refractivity contribution in [2.24, 2.45) is 5.10 Å². The first-order valence-electron chi connectivity index (χ1n) is 11.2. The van der Waals surface area contributed by atoms with Crippen LogP contribution < -0.4 is 9.73 Å².